The van der Waals surface area contributed by atoms with E-state index in [1.807, 2.05) is 0 Å². The molecule has 2 rings (SSSR count). The number of benzene rings is 1. The molecule has 10 heteroatoms. The van der Waals surface area contributed by atoms with Crippen LogP contribution in [0.25, 0.3) is 0 Å². The van der Waals surface area contributed by atoms with E-state index in [0.717, 1.165) is 10.6 Å². The minimum atomic E-state index is -3.69. The van der Waals surface area contributed by atoms with Gasteiger partial charge in [-0.2, -0.15) is 0 Å². The monoisotopic (exact) mass is 374 g/mol. The Labute approximate surface area is 140 Å². The molecule has 1 unspecified atom stereocenters. The molecule has 1 aromatic carbocycles. The summed E-state index contributed by atoms with van der Waals surface area (Å²) in [5, 5.41) is 2.46. The number of carbonyl (C=O) groups excluding carboxylic acids is 2. The first kappa shape index (κ1) is 18.4. The van der Waals surface area contributed by atoms with Gasteiger partial charge in [0.15, 0.2) is 0 Å². The third kappa shape index (κ3) is 4.12. The summed E-state index contributed by atoms with van der Waals surface area (Å²) in [4.78, 5) is 23.9. The van der Waals surface area contributed by atoms with Crippen LogP contribution < -0.4 is 9.62 Å². The predicted molar refractivity (Wildman–Crippen MR) is 88.9 cm³/mol. The molecule has 24 heavy (non-hydrogen) atoms. The summed E-state index contributed by atoms with van der Waals surface area (Å²) in [7, 11) is -6.86. The molecule has 1 saturated heterocycles. The number of sulfonamides is 1. The Balaban J connectivity index is 2.11. The lowest BCUT2D eigenvalue weighted by Crippen LogP contribution is -2.31. The fourth-order valence-electron chi connectivity index (χ4n) is 2.29. The van der Waals surface area contributed by atoms with Crippen molar-refractivity contribution in [1.82, 2.24) is 5.32 Å². The van der Waals surface area contributed by atoms with Gasteiger partial charge in [0.25, 0.3) is 5.91 Å². The van der Waals surface area contributed by atoms with Gasteiger partial charge in [0, 0.05) is 18.4 Å². The van der Waals surface area contributed by atoms with Crippen LogP contribution >= 0.6 is 0 Å². The fraction of sp³-hybridized carbons (Fsp3) is 0.429. The highest BCUT2D eigenvalue weighted by molar-refractivity contribution is 7.94. The summed E-state index contributed by atoms with van der Waals surface area (Å²) in [6.07, 6.45) is 1.07. The van der Waals surface area contributed by atoms with Crippen LogP contribution in [0.3, 0.4) is 0 Å². The Hall–Kier alpha value is -1.94. The van der Waals surface area contributed by atoms with Gasteiger partial charge >= 0.3 is 0 Å². The van der Waals surface area contributed by atoms with Gasteiger partial charge in [0.2, 0.25) is 15.9 Å². The SMILES string of the molecule is CC1CS(=O)(=O)N(c2ccc(C(=O)NCCS(C)(=O)=O)cc2)C1=O. The van der Waals surface area contributed by atoms with E-state index in [4.69, 9.17) is 0 Å². The third-order valence-corrected chi connectivity index (χ3v) is 6.30. The maximum Gasteiger partial charge on any atom is 0.251 e. The standard InChI is InChI=1S/C14H18N2O6S2/c1-10-9-24(21,22)16(14(10)18)12-5-3-11(4-6-12)13(17)15-7-8-23(2,19)20/h3-6,10H,7-9H2,1-2H3,(H,15,17). The van der Waals surface area contributed by atoms with Gasteiger partial charge in [0.1, 0.15) is 9.84 Å². The highest BCUT2D eigenvalue weighted by Gasteiger charge is 2.41. The van der Waals surface area contributed by atoms with E-state index < -0.39 is 37.6 Å². The Bertz CT molecular complexity index is 859. The van der Waals surface area contributed by atoms with Crippen LogP contribution in [0.1, 0.15) is 17.3 Å². The largest absolute Gasteiger partial charge is 0.351 e. The van der Waals surface area contributed by atoms with Gasteiger partial charge in [-0.25, -0.2) is 21.1 Å². The van der Waals surface area contributed by atoms with E-state index in [0.29, 0.717) is 0 Å². The van der Waals surface area contributed by atoms with Crippen molar-refractivity contribution in [2.45, 2.75) is 6.92 Å². The zero-order chi connectivity index (χ0) is 18.1. The molecule has 0 aliphatic carbocycles. The summed E-state index contributed by atoms with van der Waals surface area (Å²) in [5.41, 5.74) is 0.418. The predicted octanol–water partition coefficient (Wildman–Crippen LogP) is -0.226. The molecule has 0 spiro atoms. The fourth-order valence-corrected chi connectivity index (χ4v) is 4.58. The molecule has 132 valence electrons. The Morgan fingerprint density at radius 1 is 1.29 bits per heavy atom. The van der Waals surface area contributed by atoms with E-state index in [2.05, 4.69) is 5.32 Å². The smallest absolute Gasteiger partial charge is 0.251 e. The first-order valence-corrected chi connectivity index (χ1v) is 10.8. The molecule has 2 amide bonds. The number of nitrogens with one attached hydrogen (secondary N) is 1. The minimum Gasteiger partial charge on any atom is -0.351 e. The lowest BCUT2D eigenvalue weighted by Gasteiger charge is -2.15. The number of hydrogen-bond acceptors (Lipinski definition) is 6. The summed E-state index contributed by atoms with van der Waals surface area (Å²) in [6.45, 7) is 1.53. The molecule has 0 radical (unpaired) electrons. The van der Waals surface area contributed by atoms with E-state index in [1.54, 1.807) is 6.92 Å². The van der Waals surface area contributed by atoms with Crippen LogP contribution in [0.2, 0.25) is 0 Å². The molecule has 8 nitrogen and oxygen atoms in total. The number of anilines is 1. The molecule has 1 aliphatic heterocycles. The van der Waals surface area contributed by atoms with E-state index >= 15 is 0 Å². The molecule has 1 aliphatic rings. The van der Waals surface area contributed by atoms with Crippen molar-refractivity contribution >= 4 is 37.4 Å². The van der Waals surface area contributed by atoms with Crippen molar-refractivity contribution in [2.24, 2.45) is 5.92 Å². The summed E-state index contributed by atoms with van der Waals surface area (Å²) in [6, 6.07) is 5.52. The Morgan fingerprint density at radius 2 is 1.88 bits per heavy atom. The van der Waals surface area contributed by atoms with Crippen LogP contribution in [0.4, 0.5) is 5.69 Å². The molecule has 0 bridgehead atoms. The molecular formula is C14H18N2O6S2. The third-order valence-electron chi connectivity index (χ3n) is 3.48. The molecule has 1 N–H and O–H groups in total. The van der Waals surface area contributed by atoms with Gasteiger partial charge in [-0.15, -0.1) is 0 Å². The van der Waals surface area contributed by atoms with E-state index in [1.165, 1.54) is 24.3 Å². The second-order valence-electron chi connectivity index (χ2n) is 5.71. The van der Waals surface area contributed by atoms with Crippen molar-refractivity contribution in [3.8, 4) is 0 Å². The van der Waals surface area contributed by atoms with Crippen molar-refractivity contribution in [3.63, 3.8) is 0 Å². The lowest BCUT2D eigenvalue weighted by molar-refractivity contribution is -0.119. The summed E-state index contributed by atoms with van der Waals surface area (Å²) < 4.78 is 46.8. The second-order valence-corrected chi connectivity index (χ2v) is 9.84. The summed E-state index contributed by atoms with van der Waals surface area (Å²) >= 11 is 0. The van der Waals surface area contributed by atoms with Crippen LogP contribution in [0.15, 0.2) is 24.3 Å². The zero-order valence-corrected chi connectivity index (χ0v) is 14.9. The Kier molecular flexibility index (Phi) is 5.00. The van der Waals surface area contributed by atoms with Gasteiger partial charge in [0.05, 0.1) is 23.1 Å². The van der Waals surface area contributed by atoms with Gasteiger partial charge in [-0.3, -0.25) is 9.59 Å². The van der Waals surface area contributed by atoms with Gasteiger partial charge in [-0.05, 0) is 24.3 Å². The topological polar surface area (TPSA) is 118 Å². The molecule has 0 aromatic heterocycles. The average Bonchev–Trinajstić information content (AvgIpc) is 2.66. The van der Waals surface area contributed by atoms with Crippen LogP contribution in [-0.4, -0.2) is 53.0 Å². The Morgan fingerprint density at radius 3 is 2.33 bits per heavy atom. The molecular weight excluding hydrogens is 356 g/mol. The normalized spacial score (nSPS) is 20.2. The van der Waals surface area contributed by atoms with Crippen LogP contribution in [-0.2, 0) is 24.7 Å². The van der Waals surface area contributed by atoms with Crippen molar-refractivity contribution < 1.29 is 26.4 Å². The maximum atomic E-state index is 12.0. The van der Waals surface area contributed by atoms with Crippen LogP contribution in [0, 0.1) is 5.92 Å². The number of rotatable bonds is 5. The van der Waals surface area contributed by atoms with Crippen LogP contribution in [0.5, 0.6) is 0 Å². The average molecular weight is 374 g/mol. The molecule has 1 atom stereocenters. The molecule has 1 heterocycles. The molecule has 1 aromatic rings. The van der Waals surface area contributed by atoms with E-state index in [-0.39, 0.29) is 29.3 Å². The number of sulfone groups is 1. The number of carbonyl (C=O) groups is 2. The minimum absolute atomic E-state index is 0.0179. The van der Waals surface area contributed by atoms with Crippen molar-refractivity contribution in [1.29, 1.82) is 0 Å². The zero-order valence-electron chi connectivity index (χ0n) is 13.2. The van der Waals surface area contributed by atoms with Gasteiger partial charge in [-0.1, -0.05) is 6.92 Å². The van der Waals surface area contributed by atoms with Crippen molar-refractivity contribution in [3.05, 3.63) is 29.8 Å². The summed E-state index contributed by atoms with van der Waals surface area (Å²) in [5.74, 6) is -1.99. The molecule has 0 saturated carbocycles. The number of hydrogen-bond donors (Lipinski definition) is 1. The van der Waals surface area contributed by atoms with Gasteiger partial charge < -0.3 is 5.32 Å². The number of amides is 2. The van der Waals surface area contributed by atoms with Crippen molar-refractivity contribution in [2.75, 3.05) is 28.6 Å². The highest BCUT2D eigenvalue weighted by Crippen LogP contribution is 2.28. The lowest BCUT2D eigenvalue weighted by atomic mass is 10.1. The first-order valence-electron chi connectivity index (χ1n) is 7.14. The maximum absolute atomic E-state index is 12.0. The highest BCUT2D eigenvalue weighted by atomic mass is 32.2. The quantitative estimate of drug-likeness (QED) is 0.761. The second kappa shape index (κ2) is 6.52. The number of nitrogens with zero attached hydrogens (tertiary/aromatic N) is 1. The molecule has 1 fully saturated rings. The van der Waals surface area contributed by atoms with E-state index in [9.17, 15) is 26.4 Å². The first-order chi connectivity index (χ1) is 11.0.